The minimum absolute atomic E-state index is 0.634. The maximum Gasteiger partial charge on any atom is 0.227 e. The van der Waals surface area contributed by atoms with Crippen molar-refractivity contribution in [2.45, 2.75) is 0 Å². The molecule has 0 bridgehead atoms. The zero-order chi connectivity index (χ0) is 32.3. The van der Waals surface area contributed by atoms with E-state index in [1.165, 1.54) is 32.8 Å². The maximum atomic E-state index is 6.29. The second kappa shape index (κ2) is 11.0. The highest BCUT2D eigenvalue weighted by atomic mass is 16.3. The number of benzene rings is 7. The highest BCUT2D eigenvalue weighted by Gasteiger charge is 2.19. The zero-order valence-electron chi connectivity index (χ0n) is 26.5. The summed E-state index contributed by atoms with van der Waals surface area (Å²) in [6, 6.07) is 60.2. The van der Waals surface area contributed by atoms with Crippen molar-refractivity contribution >= 4 is 71.7 Å². The number of aromatic nitrogens is 2. The van der Waals surface area contributed by atoms with Gasteiger partial charge in [-0.3, -0.25) is 0 Å². The van der Waals surface area contributed by atoms with Gasteiger partial charge in [0.2, 0.25) is 5.71 Å². The number of rotatable bonds is 5. The lowest BCUT2D eigenvalue weighted by molar-refractivity contribution is 0.654. The molecule has 0 radical (unpaired) electrons. The zero-order valence-corrected chi connectivity index (χ0v) is 26.5. The molecule has 0 aliphatic carbocycles. The van der Waals surface area contributed by atoms with Gasteiger partial charge in [0.15, 0.2) is 0 Å². The minimum Gasteiger partial charge on any atom is -0.438 e. The molecule has 0 fully saturated rings. The smallest absolute Gasteiger partial charge is 0.227 e. The summed E-state index contributed by atoms with van der Waals surface area (Å²) in [6.07, 6.45) is 1.92. The van der Waals surface area contributed by atoms with Gasteiger partial charge in [-0.1, -0.05) is 103 Å². The summed E-state index contributed by atoms with van der Waals surface area (Å²) in [4.78, 5) is 7.19. The highest BCUT2D eigenvalue weighted by Crippen LogP contribution is 2.42. The van der Waals surface area contributed by atoms with Gasteiger partial charge in [0.05, 0.1) is 28.3 Å². The fourth-order valence-electron chi connectivity index (χ4n) is 7.29. The average molecular weight is 628 g/mol. The van der Waals surface area contributed by atoms with Crippen LogP contribution in [-0.2, 0) is 0 Å². The predicted octanol–water partition coefficient (Wildman–Crippen LogP) is 12.4. The molecule has 0 unspecified atom stereocenters. The fourth-order valence-corrected chi connectivity index (χ4v) is 7.29. The van der Waals surface area contributed by atoms with E-state index < -0.39 is 0 Å². The standard InChI is InChI=1S/C45H29N3O/c1-3-11-30(12-4-1)31-19-21-35(22-20-31)47(37-28-41-40-25-32-13-7-8-14-33(32)26-44(40)49-45(41)46-29-37)36-23-24-43-39(27-36)38-17-9-10-18-42(38)48(43)34-15-5-2-6-16-34/h1-29H. The highest BCUT2D eigenvalue weighted by molar-refractivity contribution is 6.12. The number of hydrogen-bond donors (Lipinski definition) is 0. The topological polar surface area (TPSA) is 34.2 Å². The first-order valence-corrected chi connectivity index (χ1v) is 16.5. The first-order chi connectivity index (χ1) is 24.3. The number of para-hydroxylation sites is 2. The molecule has 10 rings (SSSR count). The van der Waals surface area contributed by atoms with E-state index in [1.807, 2.05) is 6.20 Å². The van der Waals surface area contributed by atoms with Gasteiger partial charge in [0.1, 0.15) is 5.58 Å². The van der Waals surface area contributed by atoms with Gasteiger partial charge in [-0.25, -0.2) is 4.98 Å². The quantitative estimate of drug-likeness (QED) is 0.190. The van der Waals surface area contributed by atoms with E-state index in [0.29, 0.717) is 5.71 Å². The molecule has 10 aromatic rings. The van der Waals surface area contributed by atoms with E-state index in [-0.39, 0.29) is 0 Å². The Morgan fingerprint density at radius 3 is 1.90 bits per heavy atom. The number of anilines is 3. The average Bonchev–Trinajstić information content (AvgIpc) is 3.69. The Balaban J connectivity index is 1.19. The van der Waals surface area contributed by atoms with Crippen LogP contribution in [0.1, 0.15) is 0 Å². The molecule has 7 aromatic carbocycles. The van der Waals surface area contributed by atoms with E-state index >= 15 is 0 Å². The Morgan fingerprint density at radius 2 is 1.08 bits per heavy atom. The molecule has 0 aliphatic heterocycles. The van der Waals surface area contributed by atoms with Crippen LogP contribution in [0.5, 0.6) is 0 Å². The van der Waals surface area contributed by atoms with E-state index in [1.54, 1.807) is 0 Å². The molecular weight excluding hydrogens is 599 g/mol. The van der Waals surface area contributed by atoms with Crippen molar-refractivity contribution in [3.63, 3.8) is 0 Å². The third-order valence-corrected chi connectivity index (χ3v) is 9.60. The normalized spacial score (nSPS) is 11.7. The lowest BCUT2D eigenvalue weighted by Gasteiger charge is -2.25. The molecule has 4 heteroatoms. The van der Waals surface area contributed by atoms with Crippen LogP contribution < -0.4 is 4.90 Å². The first-order valence-electron chi connectivity index (χ1n) is 16.5. The molecule has 4 nitrogen and oxygen atoms in total. The third kappa shape index (κ3) is 4.49. The van der Waals surface area contributed by atoms with Crippen LogP contribution >= 0.6 is 0 Å². The Morgan fingerprint density at radius 1 is 0.449 bits per heavy atom. The van der Waals surface area contributed by atoms with Gasteiger partial charge in [-0.05, 0) is 88.6 Å². The van der Waals surface area contributed by atoms with Crippen molar-refractivity contribution in [2.75, 3.05) is 4.90 Å². The van der Waals surface area contributed by atoms with Crippen LogP contribution in [0.4, 0.5) is 17.1 Å². The Labute approximate surface area is 282 Å². The molecule has 0 N–H and O–H groups in total. The van der Waals surface area contributed by atoms with E-state index in [4.69, 9.17) is 9.40 Å². The number of nitrogens with zero attached hydrogens (tertiary/aromatic N) is 3. The second-order valence-corrected chi connectivity index (χ2v) is 12.5. The van der Waals surface area contributed by atoms with E-state index in [9.17, 15) is 0 Å². The molecular formula is C45H29N3O. The van der Waals surface area contributed by atoms with Gasteiger partial charge in [0, 0.05) is 33.2 Å². The summed E-state index contributed by atoms with van der Waals surface area (Å²) >= 11 is 0. The van der Waals surface area contributed by atoms with Crippen molar-refractivity contribution in [3.05, 3.63) is 176 Å². The molecule has 3 heterocycles. The van der Waals surface area contributed by atoms with Crippen LogP contribution in [-0.4, -0.2) is 9.55 Å². The summed E-state index contributed by atoms with van der Waals surface area (Å²) in [6.45, 7) is 0. The van der Waals surface area contributed by atoms with Gasteiger partial charge in [-0.2, -0.15) is 0 Å². The molecule has 0 saturated heterocycles. The van der Waals surface area contributed by atoms with Gasteiger partial charge in [-0.15, -0.1) is 0 Å². The molecule has 0 aliphatic rings. The van der Waals surface area contributed by atoms with Crippen LogP contribution in [0.25, 0.3) is 71.5 Å². The van der Waals surface area contributed by atoms with E-state index in [2.05, 4.69) is 179 Å². The van der Waals surface area contributed by atoms with Crippen molar-refractivity contribution in [1.82, 2.24) is 9.55 Å². The second-order valence-electron chi connectivity index (χ2n) is 12.5. The lowest BCUT2D eigenvalue weighted by atomic mass is 10.0. The maximum absolute atomic E-state index is 6.29. The lowest BCUT2D eigenvalue weighted by Crippen LogP contribution is -2.10. The number of furan rings is 1. The van der Waals surface area contributed by atoms with Crippen molar-refractivity contribution in [1.29, 1.82) is 0 Å². The number of fused-ring (bicyclic) bond motifs is 7. The van der Waals surface area contributed by atoms with Crippen LogP contribution in [0, 0.1) is 0 Å². The fraction of sp³-hybridized carbons (Fsp3) is 0. The molecule has 49 heavy (non-hydrogen) atoms. The van der Waals surface area contributed by atoms with Crippen LogP contribution in [0.15, 0.2) is 180 Å². The van der Waals surface area contributed by atoms with Crippen molar-refractivity contribution in [2.24, 2.45) is 0 Å². The van der Waals surface area contributed by atoms with Gasteiger partial charge in [0.25, 0.3) is 0 Å². The minimum atomic E-state index is 0.634. The largest absolute Gasteiger partial charge is 0.438 e. The molecule has 0 amide bonds. The number of hydrogen-bond acceptors (Lipinski definition) is 3. The van der Waals surface area contributed by atoms with Crippen molar-refractivity contribution in [3.8, 4) is 16.8 Å². The summed E-state index contributed by atoms with van der Waals surface area (Å²) < 4.78 is 8.64. The van der Waals surface area contributed by atoms with Gasteiger partial charge >= 0.3 is 0 Å². The SMILES string of the molecule is c1ccc(-c2ccc(N(c3cnc4oc5cc6ccccc6cc5c4c3)c3ccc4c(c3)c3ccccc3n4-c3ccccc3)cc2)cc1. The predicted molar refractivity (Wildman–Crippen MR) is 203 cm³/mol. The van der Waals surface area contributed by atoms with Crippen LogP contribution in [0.2, 0.25) is 0 Å². The molecule has 0 spiro atoms. The molecule has 3 aromatic heterocycles. The summed E-state index contributed by atoms with van der Waals surface area (Å²) in [5.41, 5.74) is 10.4. The monoisotopic (exact) mass is 627 g/mol. The summed E-state index contributed by atoms with van der Waals surface area (Å²) in [7, 11) is 0. The third-order valence-electron chi connectivity index (χ3n) is 9.60. The molecule has 0 saturated carbocycles. The first kappa shape index (κ1) is 27.5. The van der Waals surface area contributed by atoms with Gasteiger partial charge < -0.3 is 13.9 Å². The summed E-state index contributed by atoms with van der Waals surface area (Å²) in [5.74, 6) is 0. The van der Waals surface area contributed by atoms with E-state index in [0.717, 1.165) is 50.0 Å². The van der Waals surface area contributed by atoms with Crippen LogP contribution in [0.3, 0.4) is 0 Å². The molecule has 230 valence electrons. The Bertz CT molecular complexity index is 2820. The Kier molecular flexibility index (Phi) is 6.15. The number of pyridine rings is 1. The molecule has 0 atom stereocenters. The van der Waals surface area contributed by atoms with Crippen molar-refractivity contribution < 1.29 is 4.42 Å². The Hall–Kier alpha value is -6.65. The summed E-state index contributed by atoms with van der Waals surface area (Å²) in [5, 5.41) is 6.78.